The molecule has 6 nitrogen and oxygen atoms in total. The lowest BCUT2D eigenvalue weighted by molar-refractivity contribution is -0.138. The summed E-state index contributed by atoms with van der Waals surface area (Å²) in [7, 11) is 0. The molecule has 0 atom stereocenters. The second-order valence-electron chi connectivity index (χ2n) is 8.05. The fourth-order valence-corrected chi connectivity index (χ4v) is 4.11. The first-order valence-corrected chi connectivity index (χ1v) is 10.8. The summed E-state index contributed by atoms with van der Waals surface area (Å²) in [6, 6.07) is 15.8. The molecule has 0 amide bonds. The van der Waals surface area contributed by atoms with Gasteiger partial charge >= 0.3 is 12.1 Å². The van der Waals surface area contributed by atoms with Crippen molar-refractivity contribution in [1.82, 2.24) is 14.7 Å². The predicted molar refractivity (Wildman–Crippen MR) is 123 cm³/mol. The maximum atomic E-state index is 14.2. The first kappa shape index (κ1) is 23.3. The average Bonchev–Trinajstić information content (AvgIpc) is 3.50. The molecule has 0 spiro atoms. The van der Waals surface area contributed by atoms with Crippen LogP contribution in [0, 0.1) is 5.82 Å². The molecule has 0 aliphatic rings. The van der Waals surface area contributed by atoms with E-state index in [9.17, 15) is 22.4 Å². The number of halogens is 4. The van der Waals surface area contributed by atoms with Gasteiger partial charge in [-0.1, -0.05) is 41.6 Å². The number of hydrogen-bond donors (Lipinski definition) is 1. The molecule has 0 fully saturated rings. The monoisotopic (exact) mass is 495 g/mol. The normalized spacial score (nSPS) is 11.8. The summed E-state index contributed by atoms with van der Waals surface area (Å²) in [4.78, 5) is 15.2. The van der Waals surface area contributed by atoms with E-state index in [2.05, 4.69) is 10.1 Å². The largest absolute Gasteiger partial charge is 0.481 e. The number of carbonyl (C=O) groups is 1. The van der Waals surface area contributed by atoms with Gasteiger partial charge in [0.2, 0.25) is 5.82 Å². The molecule has 0 unspecified atom stereocenters. The Hall–Kier alpha value is -4.47. The Morgan fingerprint density at radius 3 is 2.50 bits per heavy atom. The summed E-state index contributed by atoms with van der Waals surface area (Å²) in [6.07, 6.45) is -3.05. The van der Waals surface area contributed by atoms with E-state index in [-0.39, 0.29) is 41.4 Å². The van der Waals surface area contributed by atoms with Crippen LogP contribution in [0.25, 0.3) is 44.9 Å². The van der Waals surface area contributed by atoms with Gasteiger partial charge in [-0.25, -0.2) is 4.39 Å². The lowest BCUT2D eigenvalue weighted by atomic mass is 9.96. The van der Waals surface area contributed by atoms with Crippen molar-refractivity contribution < 1.29 is 32.0 Å². The molecule has 0 bridgehead atoms. The Balaban J connectivity index is 1.54. The molecule has 182 valence electrons. The van der Waals surface area contributed by atoms with Crippen LogP contribution in [0.2, 0.25) is 0 Å². The van der Waals surface area contributed by atoms with Gasteiger partial charge in [-0.2, -0.15) is 18.2 Å². The number of benzene rings is 3. The van der Waals surface area contributed by atoms with Crippen LogP contribution < -0.4 is 0 Å². The highest BCUT2D eigenvalue weighted by Crippen LogP contribution is 2.40. The van der Waals surface area contributed by atoms with E-state index in [0.29, 0.717) is 5.56 Å². The number of hydrogen-bond acceptors (Lipinski definition) is 4. The first-order chi connectivity index (χ1) is 17.2. The molecule has 3 aromatic carbocycles. The highest BCUT2D eigenvalue weighted by Gasteiger charge is 2.35. The Morgan fingerprint density at radius 1 is 0.972 bits per heavy atom. The molecule has 0 aliphatic carbocycles. The fourth-order valence-electron chi connectivity index (χ4n) is 4.11. The van der Waals surface area contributed by atoms with Crippen molar-refractivity contribution >= 4 is 16.9 Å². The van der Waals surface area contributed by atoms with E-state index in [1.165, 1.54) is 30.3 Å². The molecule has 5 rings (SSSR count). The number of aromatic nitrogens is 3. The van der Waals surface area contributed by atoms with Crippen LogP contribution >= 0.6 is 0 Å². The molecule has 0 saturated heterocycles. The van der Waals surface area contributed by atoms with Gasteiger partial charge in [-0.3, -0.25) is 4.79 Å². The third kappa shape index (κ3) is 4.33. The predicted octanol–water partition coefficient (Wildman–Crippen LogP) is 6.66. The van der Waals surface area contributed by atoms with E-state index in [0.717, 1.165) is 23.0 Å². The van der Waals surface area contributed by atoms with Gasteiger partial charge in [0.1, 0.15) is 5.82 Å². The first-order valence-electron chi connectivity index (χ1n) is 10.8. The summed E-state index contributed by atoms with van der Waals surface area (Å²) in [5.74, 6) is -1.65. The summed E-state index contributed by atoms with van der Waals surface area (Å²) in [6.45, 7) is 0.272. The Bertz CT molecular complexity index is 1590. The maximum absolute atomic E-state index is 14.2. The van der Waals surface area contributed by atoms with Gasteiger partial charge in [0.25, 0.3) is 5.89 Å². The number of aryl methyl sites for hydroxylation is 1. The number of aliphatic carboxylic acids is 1. The number of rotatable bonds is 6. The molecule has 1 N–H and O–H groups in total. The molecular weight excluding hydrogens is 478 g/mol. The SMILES string of the molecule is O=C(O)CCn1ccc2c(-c3noc(-c4ccc(-c5ccccc5F)c(C(F)(F)F)c4)n3)cccc21. The van der Waals surface area contributed by atoms with Crippen LogP contribution in [-0.2, 0) is 17.5 Å². The third-order valence-electron chi connectivity index (χ3n) is 5.78. The van der Waals surface area contributed by atoms with Gasteiger partial charge < -0.3 is 14.2 Å². The fraction of sp³-hybridized carbons (Fsp3) is 0.115. The van der Waals surface area contributed by atoms with Crippen LogP contribution in [0.3, 0.4) is 0 Å². The highest BCUT2D eigenvalue weighted by atomic mass is 19.4. The lowest BCUT2D eigenvalue weighted by Gasteiger charge is -2.14. The van der Waals surface area contributed by atoms with Crippen LogP contribution in [0.4, 0.5) is 17.6 Å². The molecule has 2 heterocycles. The van der Waals surface area contributed by atoms with Crippen LogP contribution in [0.5, 0.6) is 0 Å². The zero-order valence-corrected chi connectivity index (χ0v) is 18.5. The molecule has 2 aromatic heterocycles. The van der Waals surface area contributed by atoms with Crippen LogP contribution in [0.15, 0.2) is 77.4 Å². The van der Waals surface area contributed by atoms with Gasteiger partial charge in [0.05, 0.1) is 12.0 Å². The van der Waals surface area contributed by atoms with Crippen molar-refractivity contribution in [2.24, 2.45) is 0 Å². The highest BCUT2D eigenvalue weighted by molar-refractivity contribution is 5.94. The van der Waals surface area contributed by atoms with Crippen molar-refractivity contribution in [3.05, 3.63) is 84.3 Å². The van der Waals surface area contributed by atoms with E-state index in [4.69, 9.17) is 9.63 Å². The maximum Gasteiger partial charge on any atom is 0.417 e. The van der Waals surface area contributed by atoms with Gasteiger partial charge in [-0.15, -0.1) is 0 Å². The van der Waals surface area contributed by atoms with Gasteiger partial charge in [0, 0.05) is 40.3 Å². The quantitative estimate of drug-likeness (QED) is 0.267. The Morgan fingerprint density at radius 2 is 1.75 bits per heavy atom. The standard InChI is InChI=1S/C26H17F4N3O3/c27-21-6-2-1-4-17(21)16-9-8-15(14-20(16)26(28,29)30)25-31-24(32-36-25)19-5-3-7-22-18(19)10-12-33(22)13-11-23(34)35/h1-10,12,14H,11,13H2,(H,34,35). The number of nitrogens with zero attached hydrogens (tertiary/aromatic N) is 3. The lowest BCUT2D eigenvalue weighted by Crippen LogP contribution is -2.08. The van der Waals surface area contributed by atoms with E-state index >= 15 is 0 Å². The average molecular weight is 495 g/mol. The molecule has 0 saturated carbocycles. The van der Waals surface area contributed by atoms with Gasteiger partial charge in [0.15, 0.2) is 0 Å². The minimum atomic E-state index is -4.75. The molecule has 0 aliphatic heterocycles. The van der Waals surface area contributed by atoms with Crippen molar-refractivity contribution in [2.75, 3.05) is 0 Å². The number of alkyl halides is 3. The molecule has 0 radical (unpaired) electrons. The minimum Gasteiger partial charge on any atom is -0.481 e. The topological polar surface area (TPSA) is 81.1 Å². The molecule has 10 heteroatoms. The summed E-state index contributed by atoms with van der Waals surface area (Å²) < 4.78 is 63.0. The van der Waals surface area contributed by atoms with Crippen LogP contribution in [-0.4, -0.2) is 25.8 Å². The smallest absolute Gasteiger partial charge is 0.417 e. The van der Waals surface area contributed by atoms with E-state index in [1.54, 1.807) is 29.0 Å². The zero-order valence-electron chi connectivity index (χ0n) is 18.5. The zero-order chi connectivity index (χ0) is 25.4. The third-order valence-corrected chi connectivity index (χ3v) is 5.78. The Labute approximate surface area is 201 Å². The number of carboxylic acids is 1. The second kappa shape index (κ2) is 8.95. The second-order valence-corrected chi connectivity index (χ2v) is 8.05. The number of fused-ring (bicyclic) bond motifs is 1. The molecule has 36 heavy (non-hydrogen) atoms. The van der Waals surface area contributed by atoms with E-state index in [1.807, 2.05) is 6.07 Å². The molecule has 5 aromatic rings. The summed E-state index contributed by atoms with van der Waals surface area (Å²) in [5.41, 5.74) is -0.114. The van der Waals surface area contributed by atoms with Crippen molar-refractivity contribution in [3.63, 3.8) is 0 Å². The minimum absolute atomic E-state index is 0.0346. The van der Waals surface area contributed by atoms with Crippen LogP contribution in [0.1, 0.15) is 12.0 Å². The Kier molecular flexibility index (Phi) is 5.79. The van der Waals surface area contributed by atoms with Gasteiger partial charge in [-0.05, 0) is 35.9 Å². The van der Waals surface area contributed by atoms with Crippen molar-refractivity contribution in [2.45, 2.75) is 19.1 Å². The van der Waals surface area contributed by atoms with E-state index < -0.39 is 23.5 Å². The summed E-state index contributed by atoms with van der Waals surface area (Å²) in [5, 5.41) is 13.6. The van der Waals surface area contributed by atoms with Crippen molar-refractivity contribution in [1.29, 1.82) is 0 Å². The van der Waals surface area contributed by atoms with Crippen molar-refractivity contribution in [3.8, 4) is 34.0 Å². The number of carboxylic acid groups (broad SMARTS) is 1. The summed E-state index contributed by atoms with van der Waals surface area (Å²) >= 11 is 0. The molecular formula is C26H17F4N3O3.